The minimum Gasteiger partial charge on any atom is -0.360 e. The summed E-state index contributed by atoms with van der Waals surface area (Å²) in [4.78, 5) is 12.1. The third-order valence-corrected chi connectivity index (χ3v) is 3.93. The molecule has 0 aliphatic rings. The second kappa shape index (κ2) is 8.25. The number of anilines is 2. The average Bonchev–Trinajstić information content (AvgIpc) is 2.56. The minimum absolute atomic E-state index is 0.129. The molecule has 0 aliphatic carbocycles. The Kier molecular flexibility index (Phi) is 6.29. The van der Waals surface area contributed by atoms with Gasteiger partial charge in [-0.25, -0.2) is 0 Å². The molecule has 134 valence electrons. The van der Waals surface area contributed by atoms with Crippen LogP contribution in [0.2, 0.25) is 5.02 Å². The van der Waals surface area contributed by atoms with Gasteiger partial charge >= 0.3 is 6.18 Å². The Morgan fingerprint density at radius 2 is 1.92 bits per heavy atom. The zero-order chi connectivity index (χ0) is 19.3. The lowest BCUT2D eigenvalue weighted by atomic mass is 10.2. The summed E-state index contributed by atoms with van der Waals surface area (Å²) >= 11 is 8.81. The van der Waals surface area contributed by atoms with Crippen molar-refractivity contribution in [2.75, 3.05) is 10.6 Å². The number of amides is 1. The smallest absolute Gasteiger partial charge is 0.360 e. The molecular weight excluding hydrogens is 435 g/mol. The fourth-order valence-corrected chi connectivity index (χ4v) is 2.52. The number of alkyl halides is 3. The number of nitrogens with zero attached hydrogens (tertiary/aromatic N) is 1. The number of hydrogen-bond acceptors (Lipinski definition) is 3. The van der Waals surface area contributed by atoms with Crippen LogP contribution in [0.3, 0.4) is 0 Å². The maximum Gasteiger partial charge on any atom is 0.417 e. The number of nitrogens with one attached hydrogen (secondary N) is 2. The van der Waals surface area contributed by atoms with Crippen LogP contribution in [-0.4, -0.2) is 5.91 Å². The topological polar surface area (TPSA) is 64.9 Å². The number of benzene rings is 2. The normalized spacial score (nSPS) is 11.6. The number of hydrogen-bond donors (Lipinski definition) is 2. The van der Waals surface area contributed by atoms with Crippen LogP contribution in [0.1, 0.15) is 5.56 Å². The second-order valence-electron chi connectivity index (χ2n) is 4.97. The molecule has 0 radical (unpaired) electrons. The van der Waals surface area contributed by atoms with Gasteiger partial charge in [-0.2, -0.15) is 18.4 Å². The van der Waals surface area contributed by atoms with Crippen molar-refractivity contribution in [3.63, 3.8) is 0 Å². The van der Waals surface area contributed by atoms with Crippen molar-refractivity contribution in [1.82, 2.24) is 0 Å². The molecule has 2 rings (SSSR count). The molecule has 1 amide bonds. The van der Waals surface area contributed by atoms with Crippen molar-refractivity contribution in [3.05, 3.63) is 69.3 Å². The first-order chi connectivity index (χ1) is 12.2. The molecule has 0 heterocycles. The molecule has 0 saturated carbocycles. The predicted octanol–water partition coefficient (Wildman–Crippen LogP) is 5.58. The van der Waals surface area contributed by atoms with E-state index in [-0.39, 0.29) is 11.3 Å². The lowest BCUT2D eigenvalue weighted by Crippen LogP contribution is -2.15. The first-order valence-electron chi connectivity index (χ1n) is 7.01. The Balaban J connectivity index is 2.17. The summed E-state index contributed by atoms with van der Waals surface area (Å²) in [7, 11) is 0. The van der Waals surface area contributed by atoms with Crippen LogP contribution in [0.4, 0.5) is 24.5 Å². The highest BCUT2D eigenvalue weighted by atomic mass is 79.9. The van der Waals surface area contributed by atoms with Crippen molar-refractivity contribution in [2.45, 2.75) is 6.18 Å². The summed E-state index contributed by atoms with van der Waals surface area (Å²) in [5.41, 5.74) is -0.902. The van der Waals surface area contributed by atoms with E-state index in [1.54, 1.807) is 30.3 Å². The molecule has 2 N–H and O–H groups in total. The molecule has 26 heavy (non-hydrogen) atoms. The second-order valence-corrected chi connectivity index (χ2v) is 6.29. The van der Waals surface area contributed by atoms with Gasteiger partial charge in [0.05, 0.1) is 10.6 Å². The maximum absolute atomic E-state index is 12.9. The monoisotopic (exact) mass is 443 g/mol. The van der Waals surface area contributed by atoms with Gasteiger partial charge in [0.1, 0.15) is 11.6 Å². The number of carbonyl (C=O) groups is 1. The summed E-state index contributed by atoms with van der Waals surface area (Å²) in [5, 5.41) is 13.6. The molecule has 2 aromatic rings. The van der Waals surface area contributed by atoms with Gasteiger partial charge in [-0.15, -0.1) is 0 Å². The SMILES string of the molecule is N#C/C(=C/Nc1cccc(Br)c1)C(=O)Nc1ccc(Cl)c(C(F)(F)F)c1. The molecule has 0 aromatic heterocycles. The predicted molar refractivity (Wildman–Crippen MR) is 96.5 cm³/mol. The number of halogens is 5. The van der Waals surface area contributed by atoms with Crippen LogP contribution in [-0.2, 0) is 11.0 Å². The zero-order valence-electron chi connectivity index (χ0n) is 12.9. The van der Waals surface area contributed by atoms with Gasteiger partial charge in [0.2, 0.25) is 0 Å². The fourth-order valence-electron chi connectivity index (χ4n) is 1.90. The van der Waals surface area contributed by atoms with Crippen LogP contribution in [0.5, 0.6) is 0 Å². The lowest BCUT2D eigenvalue weighted by Gasteiger charge is -2.11. The highest BCUT2D eigenvalue weighted by Gasteiger charge is 2.33. The van der Waals surface area contributed by atoms with Gasteiger partial charge < -0.3 is 10.6 Å². The molecule has 0 fully saturated rings. The van der Waals surface area contributed by atoms with Gasteiger partial charge in [0.15, 0.2) is 0 Å². The Morgan fingerprint density at radius 3 is 2.54 bits per heavy atom. The molecule has 0 aliphatic heterocycles. The molecule has 0 unspecified atom stereocenters. The Labute approximate surface area is 160 Å². The molecular formula is C17H10BrClF3N3O. The highest BCUT2D eigenvalue weighted by Crippen LogP contribution is 2.36. The molecule has 0 atom stereocenters. The standard InChI is InChI=1S/C17H10BrClF3N3O/c18-11-2-1-3-12(6-11)24-9-10(8-23)16(26)25-13-4-5-15(19)14(7-13)17(20,21)22/h1-7,9,24H,(H,25,26)/b10-9-. The van der Waals surface area contributed by atoms with E-state index in [9.17, 15) is 18.0 Å². The van der Waals surface area contributed by atoms with Crippen molar-refractivity contribution in [1.29, 1.82) is 5.26 Å². The summed E-state index contributed by atoms with van der Waals surface area (Å²) in [6, 6.07) is 11.6. The molecule has 4 nitrogen and oxygen atoms in total. The van der Waals surface area contributed by atoms with Gasteiger partial charge in [-0.3, -0.25) is 4.79 Å². The van der Waals surface area contributed by atoms with Crippen molar-refractivity contribution >= 4 is 44.8 Å². The van der Waals surface area contributed by atoms with E-state index in [4.69, 9.17) is 16.9 Å². The molecule has 9 heteroatoms. The van der Waals surface area contributed by atoms with E-state index in [0.29, 0.717) is 11.8 Å². The van der Waals surface area contributed by atoms with Crippen molar-refractivity contribution < 1.29 is 18.0 Å². The average molecular weight is 445 g/mol. The van der Waals surface area contributed by atoms with Crippen LogP contribution >= 0.6 is 27.5 Å². The van der Waals surface area contributed by atoms with E-state index in [2.05, 4.69) is 26.6 Å². The fraction of sp³-hybridized carbons (Fsp3) is 0.0588. The molecule has 2 aromatic carbocycles. The number of nitriles is 1. The highest BCUT2D eigenvalue weighted by molar-refractivity contribution is 9.10. The Hall–Kier alpha value is -2.50. The zero-order valence-corrected chi connectivity index (χ0v) is 15.2. The van der Waals surface area contributed by atoms with Gasteiger partial charge in [0, 0.05) is 22.0 Å². The number of rotatable bonds is 4. The first kappa shape index (κ1) is 19.8. The summed E-state index contributed by atoms with van der Waals surface area (Å²) in [6.07, 6.45) is -3.49. The molecule has 0 saturated heterocycles. The quantitative estimate of drug-likeness (QED) is 0.478. The molecule has 0 spiro atoms. The van der Waals surface area contributed by atoms with Crippen LogP contribution in [0.25, 0.3) is 0 Å². The van der Waals surface area contributed by atoms with Crippen LogP contribution in [0.15, 0.2) is 58.7 Å². The molecule has 0 bridgehead atoms. The number of carbonyl (C=O) groups excluding carboxylic acids is 1. The van der Waals surface area contributed by atoms with Crippen LogP contribution in [0, 0.1) is 11.3 Å². The van der Waals surface area contributed by atoms with E-state index in [0.717, 1.165) is 16.7 Å². The van der Waals surface area contributed by atoms with Gasteiger partial charge in [-0.05, 0) is 36.4 Å². The first-order valence-corrected chi connectivity index (χ1v) is 8.18. The Bertz CT molecular complexity index is 907. The largest absolute Gasteiger partial charge is 0.417 e. The van der Waals surface area contributed by atoms with Gasteiger partial charge in [0.25, 0.3) is 5.91 Å². The lowest BCUT2D eigenvalue weighted by molar-refractivity contribution is -0.137. The van der Waals surface area contributed by atoms with E-state index in [1.807, 2.05) is 0 Å². The Morgan fingerprint density at radius 1 is 1.19 bits per heavy atom. The maximum atomic E-state index is 12.9. The summed E-state index contributed by atoms with van der Waals surface area (Å²) in [5.74, 6) is -0.856. The van der Waals surface area contributed by atoms with Crippen molar-refractivity contribution in [3.8, 4) is 6.07 Å². The van der Waals surface area contributed by atoms with E-state index in [1.165, 1.54) is 6.07 Å². The van der Waals surface area contributed by atoms with Crippen molar-refractivity contribution in [2.24, 2.45) is 0 Å². The summed E-state index contributed by atoms with van der Waals surface area (Å²) in [6.45, 7) is 0. The van der Waals surface area contributed by atoms with Gasteiger partial charge in [-0.1, -0.05) is 33.6 Å². The van der Waals surface area contributed by atoms with Crippen LogP contribution < -0.4 is 10.6 Å². The third-order valence-electron chi connectivity index (χ3n) is 3.10. The minimum atomic E-state index is -4.66. The summed E-state index contributed by atoms with van der Waals surface area (Å²) < 4.78 is 39.4. The third kappa shape index (κ3) is 5.25. The van der Waals surface area contributed by atoms with E-state index >= 15 is 0 Å². The van der Waals surface area contributed by atoms with E-state index < -0.39 is 22.7 Å².